The smallest absolute Gasteiger partial charge is 0.137 e. The van der Waals surface area contributed by atoms with Gasteiger partial charge in [0.1, 0.15) is 24.5 Å². The van der Waals surface area contributed by atoms with Gasteiger partial charge in [-0.15, -0.1) is 0 Å². The summed E-state index contributed by atoms with van der Waals surface area (Å²) in [5.74, 6) is 0.501. The number of nitrogens with one attached hydrogen (secondary N) is 1. The van der Waals surface area contributed by atoms with E-state index in [2.05, 4.69) is 27.0 Å². The van der Waals surface area contributed by atoms with E-state index in [0.29, 0.717) is 17.9 Å². The Hall–Kier alpha value is -2.88. The molecule has 0 amide bonds. The van der Waals surface area contributed by atoms with Crippen molar-refractivity contribution in [2.24, 2.45) is 0 Å². The SMILES string of the molecule is N#Cc1ccccc1OCC(O)CNCCCn1cnc2ccccc21. The van der Waals surface area contributed by atoms with Gasteiger partial charge in [0.2, 0.25) is 0 Å². The molecule has 26 heavy (non-hydrogen) atoms. The molecule has 0 bridgehead atoms. The molecule has 0 fully saturated rings. The molecule has 0 aliphatic rings. The Labute approximate surface area is 152 Å². The molecular formula is C20H22N4O2. The first-order valence-corrected chi connectivity index (χ1v) is 8.68. The molecule has 6 nitrogen and oxygen atoms in total. The number of hydrogen-bond acceptors (Lipinski definition) is 5. The van der Waals surface area contributed by atoms with Gasteiger partial charge in [0.25, 0.3) is 0 Å². The van der Waals surface area contributed by atoms with E-state index < -0.39 is 6.10 Å². The molecule has 6 heteroatoms. The first-order valence-electron chi connectivity index (χ1n) is 8.68. The minimum atomic E-state index is -0.629. The van der Waals surface area contributed by atoms with E-state index in [-0.39, 0.29) is 6.61 Å². The van der Waals surface area contributed by atoms with Crippen molar-refractivity contribution in [1.29, 1.82) is 5.26 Å². The van der Waals surface area contributed by atoms with Gasteiger partial charge in [-0.3, -0.25) is 0 Å². The van der Waals surface area contributed by atoms with Crippen molar-refractivity contribution in [3.8, 4) is 11.8 Å². The van der Waals surface area contributed by atoms with Crippen LogP contribution in [-0.2, 0) is 6.54 Å². The molecule has 3 rings (SSSR count). The molecule has 0 radical (unpaired) electrons. The third-order valence-corrected chi connectivity index (χ3v) is 4.10. The molecule has 2 aromatic carbocycles. The zero-order valence-electron chi connectivity index (χ0n) is 14.5. The summed E-state index contributed by atoms with van der Waals surface area (Å²) in [4.78, 5) is 4.38. The maximum Gasteiger partial charge on any atom is 0.137 e. The average molecular weight is 350 g/mol. The third kappa shape index (κ3) is 4.60. The number of para-hydroxylation sites is 3. The Morgan fingerprint density at radius 1 is 1.19 bits per heavy atom. The van der Waals surface area contributed by atoms with Gasteiger partial charge in [0.15, 0.2) is 0 Å². The molecule has 1 heterocycles. The fourth-order valence-corrected chi connectivity index (χ4v) is 2.76. The number of imidazole rings is 1. The fourth-order valence-electron chi connectivity index (χ4n) is 2.76. The molecule has 1 aromatic heterocycles. The van der Waals surface area contributed by atoms with E-state index in [1.807, 2.05) is 24.5 Å². The summed E-state index contributed by atoms with van der Waals surface area (Å²) in [5, 5.41) is 22.3. The van der Waals surface area contributed by atoms with Crippen molar-refractivity contribution in [3.63, 3.8) is 0 Å². The number of benzene rings is 2. The van der Waals surface area contributed by atoms with Crippen LogP contribution in [0.5, 0.6) is 5.75 Å². The van der Waals surface area contributed by atoms with Gasteiger partial charge in [-0.2, -0.15) is 5.26 Å². The summed E-state index contributed by atoms with van der Waals surface area (Å²) < 4.78 is 7.66. The lowest BCUT2D eigenvalue weighted by Gasteiger charge is -2.14. The Morgan fingerprint density at radius 3 is 2.88 bits per heavy atom. The monoisotopic (exact) mass is 350 g/mol. The van der Waals surface area contributed by atoms with Gasteiger partial charge in [-0.25, -0.2) is 4.98 Å². The van der Waals surface area contributed by atoms with E-state index in [1.165, 1.54) is 0 Å². The maximum absolute atomic E-state index is 10.0. The van der Waals surface area contributed by atoms with Crippen LogP contribution in [0.4, 0.5) is 0 Å². The first-order chi connectivity index (χ1) is 12.8. The average Bonchev–Trinajstić information content (AvgIpc) is 3.09. The predicted molar refractivity (Wildman–Crippen MR) is 99.9 cm³/mol. The van der Waals surface area contributed by atoms with Crippen LogP contribution in [0.3, 0.4) is 0 Å². The number of aliphatic hydroxyl groups is 1. The topological polar surface area (TPSA) is 83.1 Å². The van der Waals surface area contributed by atoms with E-state index in [4.69, 9.17) is 10.00 Å². The predicted octanol–water partition coefficient (Wildman–Crippen LogP) is 2.33. The van der Waals surface area contributed by atoms with Gasteiger partial charge < -0.3 is 19.7 Å². The van der Waals surface area contributed by atoms with Crippen LogP contribution >= 0.6 is 0 Å². The van der Waals surface area contributed by atoms with Gasteiger partial charge in [-0.05, 0) is 37.2 Å². The van der Waals surface area contributed by atoms with Gasteiger partial charge in [-0.1, -0.05) is 24.3 Å². The molecular weight excluding hydrogens is 328 g/mol. The van der Waals surface area contributed by atoms with E-state index >= 15 is 0 Å². The fraction of sp³-hybridized carbons (Fsp3) is 0.300. The number of fused-ring (bicyclic) bond motifs is 1. The van der Waals surface area contributed by atoms with E-state index in [0.717, 1.165) is 30.5 Å². The number of aryl methyl sites for hydroxylation is 1. The molecule has 1 atom stereocenters. The van der Waals surface area contributed by atoms with Crippen LogP contribution < -0.4 is 10.1 Å². The summed E-state index contributed by atoms with van der Waals surface area (Å²) in [6.45, 7) is 2.26. The molecule has 3 aromatic rings. The number of nitrogens with zero attached hydrogens (tertiary/aromatic N) is 3. The second-order valence-corrected chi connectivity index (χ2v) is 6.06. The van der Waals surface area contributed by atoms with Crippen molar-refractivity contribution in [1.82, 2.24) is 14.9 Å². The summed E-state index contributed by atoms with van der Waals surface area (Å²) >= 11 is 0. The standard InChI is InChI=1S/C20H22N4O2/c21-12-16-6-1-4-9-20(16)26-14-17(25)13-22-10-5-11-24-15-23-18-7-2-3-8-19(18)24/h1-4,6-9,15,17,22,25H,5,10-11,13-14H2. The lowest BCUT2D eigenvalue weighted by Crippen LogP contribution is -2.32. The van der Waals surface area contributed by atoms with Crippen molar-refractivity contribution < 1.29 is 9.84 Å². The lowest BCUT2D eigenvalue weighted by molar-refractivity contribution is 0.106. The molecule has 1 unspecified atom stereocenters. The van der Waals surface area contributed by atoms with Crippen molar-refractivity contribution in [3.05, 3.63) is 60.4 Å². The van der Waals surface area contributed by atoms with Crippen LogP contribution in [-0.4, -0.2) is 40.5 Å². The number of nitriles is 1. The normalized spacial score (nSPS) is 12.0. The highest BCUT2D eigenvalue weighted by Gasteiger charge is 2.07. The number of rotatable bonds is 9. The second kappa shape index (κ2) is 8.99. The number of aliphatic hydroxyl groups excluding tert-OH is 1. The Kier molecular flexibility index (Phi) is 6.20. The van der Waals surface area contributed by atoms with Gasteiger partial charge >= 0.3 is 0 Å². The highest BCUT2D eigenvalue weighted by Crippen LogP contribution is 2.16. The lowest BCUT2D eigenvalue weighted by atomic mass is 10.2. The second-order valence-electron chi connectivity index (χ2n) is 6.06. The van der Waals surface area contributed by atoms with Crippen molar-refractivity contribution in [2.75, 3.05) is 19.7 Å². The summed E-state index contributed by atoms with van der Waals surface area (Å²) in [6.07, 6.45) is 2.17. The zero-order valence-corrected chi connectivity index (χ0v) is 14.5. The van der Waals surface area contributed by atoms with Gasteiger partial charge in [0.05, 0.1) is 22.9 Å². The Morgan fingerprint density at radius 2 is 2.00 bits per heavy atom. The molecule has 0 aliphatic heterocycles. The Balaban J connectivity index is 1.35. The summed E-state index contributed by atoms with van der Waals surface area (Å²) in [7, 11) is 0. The van der Waals surface area contributed by atoms with Crippen LogP contribution in [0, 0.1) is 11.3 Å². The minimum absolute atomic E-state index is 0.151. The quantitative estimate of drug-likeness (QED) is 0.579. The number of ether oxygens (including phenoxy) is 1. The third-order valence-electron chi connectivity index (χ3n) is 4.10. The summed E-state index contributed by atoms with van der Waals surface area (Å²) in [6, 6.07) is 17.2. The number of hydrogen-bond donors (Lipinski definition) is 2. The van der Waals surface area contributed by atoms with Crippen LogP contribution in [0.2, 0.25) is 0 Å². The van der Waals surface area contributed by atoms with E-state index in [9.17, 15) is 5.11 Å². The molecule has 2 N–H and O–H groups in total. The first kappa shape index (κ1) is 17.9. The highest BCUT2D eigenvalue weighted by atomic mass is 16.5. The molecule has 0 saturated heterocycles. The zero-order chi connectivity index (χ0) is 18.2. The number of aromatic nitrogens is 2. The molecule has 134 valence electrons. The van der Waals surface area contributed by atoms with Crippen LogP contribution in [0.1, 0.15) is 12.0 Å². The van der Waals surface area contributed by atoms with Crippen LogP contribution in [0.15, 0.2) is 54.9 Å². The highest BCUT2D eigenvalue weighted by molar-refractivity contribution is 5.74. The van der Waals surface area contributed by atoms with Gasteiger partial charge in [0, 0.05) is 13.1 Å². The van der Waals surface area contributed by atoms with Crippen molar-refractivity contribution >= 4 is 11.0 Å². The molecule has 0 aliphatic carbocycles. The van der Waals surface area contributed by atoms with E-state index in [1.54, 1.807) is 24.3 Å². The Bertz CT molecular complexity index is 885. The van der Waals surface area contributed by atoms with Crippen molar-refractivity contribution in [2.45, 2.75) is 19.1 Å². The molecule has 0 saturated carbocycles. The largest absolute Gasteiger partial charge is 0.489 e. The summed E-state index contributed by atoms with van der Waals surface area (Å²) in [5.41, 5.74) is 2.61. The molecule has 0 spiro atoms. The minimum Gasteiger partial charge on any atom is -0.489 e. The maximum atomic E-state index is 10.0. The van der Waals surface area contributed by atoms with Crippen LogP contribution in [0.25, 0.3) is 11.0 Å².